The molecular weight excluding hydrogens is 294 g/mol. The van der Waals surface area contributed by atoms with E-state index in [4.69, 9.17) is 14.6 Å². The smallest absolute Gasteiger partial charge is 0.321 e. The molecule has 0 aliphatic carbocycles. The van der Waals surface area contributed by atoms with Gasteiger partial charge in [-0.25, -0.2) is 0 Å². The summed E-state index contributed by atoms with van der Waals surface area (Å²) in [6, 6.07) is 13.1. The lowest BCUT2D eigenvalue weighted by atomic mass is 9.95. The molecule has 0 saturated heterocycles. The van der Waals surface area contributed by atoms with Gasteiger partial charge in [-0.2, -0.15) is 0 Å². The zero-order valence-electron chi connectivity index (χ0n) is 12.9. The summed E-state index contributed by atoms with van der Waals surface area (Å²) in [5, 5.41) is 12.2. The van der Waals surface area contributed by atoms with Crippen LogP contribution in [0.1, 0.15) is 16.7 Å². The molecular formula is C18H19NO4. The Hall–Kier alpha value is -2.53. The molecule has 0 fully saturated rings. The van der Waals surface area contributed by atoms with E-state index in [9.17, 15) is 4.79 Å². The van der Waals surface area contributed by atoms with Gasteiger partial charge >= 0.3 is 5.97 Å². The Labute approximate surface area is 134 Å². The maximum absolute atomic E-state index is 11.2. The highest BCUT2D eigenvalue weighted by Gasteiger charge is 2.25. The quantitative estimate of drug-likeness (QED) is 0.887. The van der Waals surface area contributed by atoms with Crippen molar-refractivity contribution in [2.45, 2.75) is 25.6 Å². The van der Waals surface area contributed by atoms with Crippen LogP contribution in [0.15, 0.2) is 42.5 Å². The number of hydrogen-bond acceptors (Lipinski definition) is 4. The Balaban J connectivity index is 1.82. The number of aliphatic carboxylic acids is 1. The molecule has 0 aromatic heterocycles. The lowest BCUT2D eigenvalue weighted by molar-refractivity contribution is -0.139. The fourth-order valence-electron chi connectivity index (χ4n) is 2.71. The number of methoxy groups -OCH3 is 1. The summed E-state index contributed by atoms with van der Waals surface area (Å²) in [7, 11) is 1.60. The molecule has 1 aliphatic rings. The van der Waals surface area contributed by atoms with E-state index in [1.54, 1.807) is 7.11 Å². The van der Waals surface area contributed by atoms with E-state index in [0.717, 1.165) is 16.7 Å². The van der Waals surface area contributed by atoms with Gasteiger partial charge < -0.3 is 19.9 Å². The van der Waals surface area contributed by atoms with Gasteiger partial charge in [-0.1, -0.05) is 30.3 Å². The Morgan fingerprint density at radius 1 is 1.22 bits per heavy atom. The van der Waals surface area contributed by atoms with Gasteiger partial charge in [-0.05, 0) is 35.2 Å². The first-order valence-corrected chi connectivity index (χ1v) is 7.50. The minimum atomic E-state index is -0.835. The number of ether oxygens (including phenoxy) is 2. The molecule has 0 saturated carbocycles. The second kappa shape index (κ2) is 6.71. The molecule has 23 heavy (non-hydrogen) atoms. The van der Waals surface area contributed by atoms with Crippen molar-refractivity contribution in [1.82, 2.24) is 5.32 Å². The molecule has 0 amide bonds. The standard InChI is InChI=1S/C18H19NO4/c1-22-16-9-14-10-19-15(18(20)21)7-13(14)8-17(16)23-11-12-5-3-2-4-6-12/h2-6,8-9,15,19H,7,10-11H2,1H3,(H,20,21). The van der Waals surface area contributed by atoms with Crippen LogP contribution in [0, 0.1) is 0 Å². The summed E-state index contributed by atoms with van der Waals surface area (Å²) in [5.74, 6) is 0.467. The number of hydrogen-bond donors (Lipinski definition) is 2. The molecule has 3 rings (SSSR count). The number of rotatable bonds is 5. The highest BCUT2D eigenvalue weighted by molar-refractivity contribution is 5.74. The predicted molar refractivity (Wildman–Crippen MR) is 85.7 cm³/mol. The first-order chi connectivity index (χ1) is 11.2. The van der Waals surface area contributed by atoms with Gasteiger partial charge in [0, 0.05) is 6.54 Å². The monoisotopic (exact) mass is 313 g/mol. The Morgan fingerprint density at radius 3 is 2.65 bits per heavy atom. The lowest BCUT2D eigenvalue weighted by Crippen LogP contribution is -2.41. The average Bonchev–Trinajstić information content (AvgIpc) is 2.59. The fraction of sp³-hybridized carbons (Fsp3) is 0.278. The van der Waals surface area contributed by atoms with Crippen molar-refractivity contribution in [3.8, 4) is 11.5 Å². The molecule has 0 spiro atoms. The number of nitrogens with one attached hydrogen (secondary N) is 1. The number of carboxylic acid groups (broad SMARTS) is 1. The number of benzene rings is 2. The second-order valence-electron chi connectivity index (χ2n) is 5.52. The van der Waals surface area contributed by atoms with Crippen molar-refractivity contribution in [3.63, 3.8) is 0 Å². The van der Waals surface area contributed by atoms with Gasteiger partial charge in [0.25, 0.3) is 0 Å². The van der Waals surface area contributed by atoms with Crippen LogP contribution in [0.5, 0.6) is 11.5 Å². The maximum atomic E-state index is 11.2. The van der Waals surface area contributed by atoms with E-state index in [1.165, 1.54) is 0 Å². The largest absolute Gasteiger partial charge is 0.493 e. The van der Waals surface area contributed by atoms with Crippen LogP contribution in [0.25, 0.3) is 0 Å². The second-order valence-corrected chi connectivity index (χ2v) is 5.52. The van der Waals surface area contributed by atoms with Crippen molar-refractivity contribution >= 4 is 5.97 Å². The minimum Gasteiger partial charge on any atom is -0.493 e. The fourth-order valence-corrected chi connectivity index (χ4v) is 2.71. The molecule has 1 atom stereocenters. The van der Waals surface area contributed by atoms with Crippen LogP contribution in [0.3, 0.4) is 0 Å². The molecule has 2 aromatic carbocycles. The Bertz CT molecular complexity index is 700. The zero-order valence-corrected chi connectivity index (χ0v) is 12.9. The SMILES string of the molecule is COc1cc2c(cc1OCc1ccccc1)CC(C(=O)O)NC2. The van der Waals surface area contributed by atoms with Gasteiger partial charge in [0.1, 0.15) is 12.6 Å². The third kappa shape index (κ3) is 3.46. The molecule has 1 heterocycles. The highest BCUT2D eigenvalue weighted by atomic mass is 16.5. The predicted octanol–water partition coefficient (Wildman–Crippen LogP) is 2.37. The number of carboxylic acids is 1. The lowest BCUT2D eigenvalue weighted by Gasteiger charge is -2.24. The molecule has 1 aliphatic heterocycles. The molecule has 0 radical (unpaired) electrons. The van der Waals surface area contributed by atoms with Gasteiger partial charge in [-0.3, -0.25) is 4.79 Å². The van der Waals surface area contributed by atoms with Crippen molar-refractivity contribution in [2.24, 2.45) is 0 Å². The molecule has 2 aromatic rings. The van der Waals surface area contributed by atoms with Gasteiger partial charge in [0.05, 0.1) is 7.11 Å². The number of carbonyl (C=O) groups is 1. The van der Waals surface area contributed by atoms with Crippen LogP contribution >= 0.6 is 0 Å². The first kappa shape index (κ1) is 15.4. The van der Waals surface area contributed by atoms with Gasteiger partial charge in [0.15, 0.2) is 11.5 Å². The van der Waals surface area contributed by atoms with E-state index in [2.05, 4.69) is 5.32 Å². The van der Waals surface area contributed by atoms with Crippen molar-refractivity contribution in [2.75, 3.05) is 7.11 Å². The molecule has 1 unspecified atom stereocenters. The molecule has 0 bridgehead atoms. The molecule has 2 N–H and O–H groups in total. The summed E-state index contributed by atoms with van der Waals surface area (Å²) < 4.78 is 11.3. The van der Waals surface area contributed by atoms with Crippen LogP contribution in [-0.2, 0) is 24.4 Å². The molecule has 5 heteroatoms. The normalized spacial score (nSPS) is 16.5. The minimum absolute atomic E-state index is 0.441. The Morgan fingerprint density at radius 2 is 1.96 bits per heavy atom. The van der Waals surface area contributed by atoms with Crippen molar-refractivity contribution in [1.29, 1.82) is 0 Å². The molecule has 120 valence electrons. The van der Waals surface area contributed by atoms with E-state index in [1.807, 2.05) is 42.5 Å². The summed E-state index contributed by atoms with van der Waals surface area (Å²) in [6.45, 7) is 0.957. The van der Waals surface area contributed by atoms with Crippen LogP contribution in [0.4, 0.5) is 0 Å². The van der Waals surface area contributed by atoms with Crippen LogP contribution in [-0.4, -0.2) is 24.2 Å². The summed E-state index contributed by atoms with van der Waals surface area (Å²) in [6.07, 6.45) is 0.441. The van der Waals surface area contributed by atoms with Gasteiger partial charge in [0.2, 0.25) is 0 Å². The summed E-state index contributed by atoms with van der Waals surface area (Å²) in [5.41, 5.74) is 3.10. The maximum Gasteiger partial charge on any atom is 0.321 e. The topological polar surface area (TPSA) is 67.8 Å². The van der Waals surface area contributed by atoms with Gasteiger partial charge in [-0.15, -0.1) is 0 Å². The average molecular weight is 313 g/mol. The first-order valence-electron chi connectivity index (χ1n) is 7.50. The molecule has 5 nitrogen and oxygen atoms in total. The highest BCUT2D eigenvalue weighted by Crippen LogP contribution is 2.33. The summed E-state index contributed by atoms with van der Waals surface area (Å²) in [4.78, 5) is 11.2. The third-order valence-electron chi connectivity index (χ3n) is 3.98. The third-order valence-corrected chi connectivity index (χ3v) is 3.98. The summed E-state index contributed by atoms with van der Waals surface area (Å²) >= 11 is 0. The van der Waals surface area contributed by atoms with E-state index < -0.39 is 12.0 Å². The zero-order chi connectivity index (χ0) is 16.2. The van der Waals surface area contributed by atoms with Crippen molar-refractivity contribution in [3.05, 3.63) is 59.2 Å². The Kier molecular flexibility index (Phi) is 4.48. The number of fused-ring (bicyclic) bond motifs is 1. The van der Waals surface area contributed by atoms with E-state index in [-0.39, 0.29) is 0 Å². The van der Waals surface area contributed by atoms with E-state index in [0.29, 0.717) is 31.1 Å². The van der Waals surface area contributed by atoms with Crippen molar-refractivity contribution < 1.29 is 19.4 Å². The van der Waals surface area contributed by atoms with Crippen LogP contribution in [0.2, 0.25) is 0 Å². The van der Waals surface area contributed by atoms with Crippen LogP contribution < -0.4 is 14.8 Å². The van der Waals surface area contributed by atoms with E-state index >= 15 is 0 Å².